The van der Waals surface area contributed by atoms with Crippen molar-refractivity contribution < 1.29 is 19.4 Å². The minimum atomic E-state index is -0.453. The molecule has 0 aromatic carbocycles. The Balaban J connectivity index is 1.55. The topological polar surface area (TPSA) is 63.6 Å². The van der Waals surface area contributed by atoms with Crippen LogP contribution in [0.15, 0.2) is 23.8 Å². The molecule has 0 aromatic heterocycles. The van der Waals surface area contributed by atoms with E-state index in [1.165, 1.54) is 5.57 Å². The van der Waals surface area contributed by atoms with Gasteiger partial charge in [-0.3, -0.25) is 9.59 Å². The number of fused-ring (bicyclic) bond motifs is 5. The van der Waals surface area contributed by atoms with Gasteiger partial charge in [0.25, 0.3) is 0 Å². The molecule has 30 heavy (non-hydrogen) atoms. The molecule has 3 fully saturated rings. The third-order valence-corrected chi connectivity index (χ3v) is 10.5. The van der Waals surface area contributed by atoms with E-state index in [9.17, 15) is 14.7 Å². The molecule has 2 saturated carbocycles. The highest BCUT2D eigenvalue weighted by Gasteiger charge is 2.67. The molecule has 4 heteroatoms. The quantitative estimate of drug-likeness (QED) is 0.510. The SMILES string of the molecule is CC1(C)C(=O)C=CC2(C)C1CC(O)C1(C)C3=CCC(C4COC(=O)C4)C3(C)CCC21. The molecule has 4 aliphatic carbocycles. The molecule has 1 N–H and O–H groups in total. The second-order valence-electron chi connectivity index (χ2n) is 12.0. The molecular formula is C26H36O4. The summed E-state index contributed by atoms with van der Waals surface area (Å²) in [5.41, 5.74) is 0.583. The van der Waals surface area contributed by atoms with Gasteiger partial charge in [0.1, 0.15) is 0 Å². The van der Waals surface area contributed by atoms with E-state index in [1.54, 1.807) is 0 Å². The van der Waals surface area contributed by atoms with Crippen LogP contribution in [0.1, 0.15) is 66.7 Å². The van der Waals surface area contributed by atoms with Crippen molar-refractivity contribution >= 4 is 11.8 Å². The average molecular weight is 413 g/mol. The molecule has 0 aromatic rings. The van der Waals surface area contributed by atoms with Gasteiger partial charge >= 0.3 is 5.97 Å². The van der Waals surface area contributed by atoms with Crippen molar-refractivity contribution in [2.24, 2.45) is 45.3 Å². The van der Waals surface area contributed by atoms with Crippen LogP contribution in [-0.2, 0) is 14.3 Å². The van der Waals surface area contributed by atoms with Gasteiger partial charge in [-0.25, -0.2) is 0 Å². The van der Waals surface area contributed by atoms with Gasteiger partial charge in [-0.15, -0.1) is 0 Å². The van der Waals surface area contributed by atoms with Crippen LogP contribution in [0.4, 0.5) is 0 Å². The zero-order valence-electron chi connectivity index (χ0n) is 19.0. The van der Waals surface area contributed by atoms with Crippen molar-refractivity contribution in [3.8, 4) is 0 Å². The predicted octanol–water partition coefficient (Wildman–Crippen LogP) is 4.47. The normalized spacial score (nSPS) is 51.7. The second kappa shape index (κ2) is 6.09. The standard InChI is InChI=1S/C26H36O4/c1-23(2)19-13-21(28)26(5)17-7-6-16(15-12-22(29)30-14-15)24(17,3)10-8-18(26)25(19,4)11-9-20(23)27/h7,9,11,15-16,18-19,21,28H,6,8,10,12-14H2,1-5H3. The first-order valence-corrected chi connectivity index (χ1v) is 11.7. The van der Waals surface area contributed by atoms with Crippen molar-refractivity contribution in [3.05, 3.63) is 23.8 Å². The molecule has 8 atom stereocenters. The van der Waals surface area contributed by atoms with E-state index in [-0.39, 0.29) is 39.8 Å². The Hall–Kier alpha value is -1.42. The number of carbonyl (C=O) groups is 2. The maximum absolute atomic E-state index is 12.7. The van der Waals surface area contributed by atoms with Crippen LogP contribution in [0, 0.1) is 45.3 Å². The largest absolute Gasteiger partial charge is 0.465 e. The Morgan fingerprint density at radius 3 is 2.50 bits per heavy atom. The maximum atomic E-state index is 12.7. The fraction of sp³-hybridized carbons (Fsp3) is 0.769. The van der Waals surface area contributed by atoms with E-state index >= 15 is 0 Å². The summed E-state index contributed by atoms with van der Waals surface area (Å²) in [6.45, 7) is 11.6. The number of esters is 1. The summed E-state index contributed by atoms with van der Waals surface area (Å²) in [6.07, 6.45) is 10.2. The number of ketones is 1. The van der Waals surface area contributed by atoms with Gasteiger partial charge < -0.3 is 9.84 Å². The Kier molecular flexibility index (Phi) is 4.16. The fourth-order valence-electron chi connectivity index (χ4n) is 8.81. The zero-order valence-corrected chi connectivity index (χ0v) is 19.0. The number of hydrogen-bond donors (Lipinski definition) is 1. The Morgan fingerprint density at radius 1 is 1.10 bits per heavy atom. The minimum Gasteiger partial charge on any atom is -0.465 e. The Morgan fingerprint density at radius 2 is 1.83 bits per heavy atom. The summed E-state index contributed by atoms with van der Waals surface area (Å²) >= 11 is 0. The van der Waals surface area contributed by atoms with Crippen molar-refractivity contribution in [2.75, 3.05) is 6.61 Å². The number of carbonyl (C=O) groups excluding carboxylic acids is 2. The average Bonchev–Trinajstić information content (AvgIpc) is 3.25. The molecule has 8 unspecified atom stereocenters. The van der Waals surface area contributed by atoms with Crippen molar-refractivity contribution in [1.29, 1.82) is 0 Å². The van der Waals surface area contributed by atoms with Crippen molar-refractivity contribution in [3.63, 3.8) is 0 Å². The number of cyclic esters (lactones) is 1. The van der Waals surface area contributed by atoms with E-state index in [0.29, 0.717) is 31.3 Å². The van der Waals surface area contributed by atoms with Crippen molar-refractivity contribution in [2.45, 2.75) is 72.8 Å². The van der Waals surface area contributed by atoms with E-state index in [2.05, 4.69) is 46.8 Å². The first kappa shape index (κ1) is 20.5. The van der Waals surface area contributed by atoms with Gasteiger partial charge in [-0.05, 0) is 60.3 Å². The summed E-state index contributed by atoms with van der Waals surface area (Å²) in [6, 6.07) is 0. The Labute approximate surface area is 180 Å². The number of allylic oxidation sites excluding steroid dienone is 3. The zero-order chi connectivity index (χ0) is 21.7. The van der Waals surface area contributed by atoms with Crippen LogP contribution in [0.3, 0.4) is 0 Å². The van der Waals surface area contributed by atoms with Gasteiger partial charge in [0.2, 0.25) is 0 Å². The molecule has 0 bridgehead atoms. The smallest absolute Gasteiger partial charge is 0.306 e. The maximum Gasteiger partial charge on any atom is 0.306 e. The van der Waals surface area contributed by atoms with Crippen LogP contribution in [0.25, 0.3) is 0 Å². The fourth-order valence-corrected chi connectivity index (χ4v) is 8.81. The molecule has 5 aliphatic rings. The summed E-state index contributed by atoms with van der Waals surface area (Å²) < 4.78 is 5.32. The monoisotopic (exact) mass is 412 g/mol. The molecule has 0 radical (unpaired) electrons. The van der Waals surface area contributed by atoms with Gasteiger partial charge in [-0.1, -0.05) is 52.3 Å². The molecule has 0 amide bonds. The van der Waals surface area contributed by atoms with Crippen LogP contribution in [-0.4, -0.2) is 29.6 Å². The van der Waals surface area contributed by atoms with Crippen LogP contribution >= 0.6 is 0 Å². The van der Waals surface area contributed by atoms with Crippen LogP contribution in [0.5, 0.6) is 0 Å². The van der Waals surface area contributed by atoms with Crippen LogP contribution < -0.4 is 0 Å². The van der Waals surface area contributed by atoms with E-state index < -0.39 is 11.5 Å². The molecule has 1 saturated heterocycles. The summed E-state index contributed by atoms with van der Waals surface area (Å²) in [5, 5.41) is 11.6. The molecule has 1 aliphatic heterocycles. The Bertz CT molecular complexity index is 868. The van der Waals surface area contributed by atoms with Gasteiger partial charge in [0.05, 0.1) is 19.1 Å². The lowest BCUT2D eigenvalue weighted by Gasteiger charge is -2.66. The highest BCUT2D eigenvalue weighted by atomic mass is 16.5. The van der Waals surface area contributed by atoms with E-state index in [4.69, 9.17) is 4.74 Å². The number of aliphatic hydroxyl groups is 1. The lowest BCUT2D eigenvalue weighted by Crippen LogP contribution is -2.63. The summed E-state index contributed by atoms with van der Waals surface area (Å²) in [5.74, 6) is 1.28. The highest BCUT2D eigenvalue weighted by Crippen LogP contribution is 2.72. The molecule has 0 spiro atoms. The third kappa shape index (κ3) is 2.32. The molecule has 4 nitrogen and oxygen atoms in total. The summed E-state index contributed by atoms with van der Waals surface area (Å²) in [4.78, 5) is 24.5. The number of ether oxygens (including phenoxy) is 1. The second-order valence-corrected chi connectivity index (χ2v) is 12.0. The first-order chi connectivity index (χ1) is 14.0. The van der Waals surface area contributed by atoms with Gasteiger partial charge in [-0.2, -0.15) is 0 Å². The number of hydrogen-bond acceptors (Lipinski definition) is 4. The lowest BCUT2D eigenvalue weighted by atomic mass is 9.38. The predicted molar refractivity (Wildman–Crippen MR) is 114 cm³/mol. The summed E-state index contributed by atoms with van der Waals surface area (Å²) in [7, 11) is 0. The van der Waals surface area contributed by atoms with Crippen molar-refractivity contribution in [1.82, 2.24) is 0 Å². The molecule has 1 heterocycles. The first-order valence-electron chi connectivity index (χ1n) is 11.7. The molecule has 5 rings (SSSR count). The number of rotatable bonds is 1. The van der Waals surface area contributed by atoms with E-state index in [1.807, 2.05) is 6.08 Å². The number of aliphatic hydroxyl groups excluding tert-OH is 1. The molecule has 164 valence electrons. The lowest BCUT2D eigenvalue weighted by molar-refractivity contribution is -0.165. The highest BCUT2D eigenvalue weighted by molar-refractivity contribution is 5.95. The van der Waals surface area contributed by atoms with Gasteiger partial charge in [0.15, 0.2) is 5.78 Å². The molecular weight excluding hydrogens is 376 g/mol. The van der Waals surface area contributed by atoms with Crippen LogP contribution in [0.2, 0.25) is 0 Å². The van der Waals surface area contributed by atoms with E-state index in [0.717, 1.165) is 19.3 Å². The third-order valence-electron chi connectivity index (χ3n) is 10.5. The minimum absolute atomic E-state index is 0.0117. The van der Waals surface area contributed by atoms with Gasteiger partial charge in [0, 0.05) is 16.7 Å².